The van der Waals surface area contributed by atoms with Crippen LogP contribution in [-0.2, 0) is 76.0 Å². The fourth-order valence-corrected chi connectivity index (χ4v) is 20.8. The molecule has 0 spiro atoms. The van der Waals surface area contributed by atoms with Crippen molar-refractivity contribution in [3.8, 4) is 11.5 Å². The monoisotopic (exact) mass is 1620 g/mol. The number of aliphatic hydroxyl groups excluding tert-OH is 18. The van der Waals surface area contributed by atoms with Crippen LogP contribution >= 0.6 is 0 Å². The molecular weight excluding hydrogens is 1500 g/mol. The fraction of sp³-hybridized carbons (Fsp3) is 0.829. The summed E-state index contributed by atoms with van der Waals surface area (Å²) in [6.07, 6.45) is -49.9. The van der Waals surface area contributed by atoms with Crippen molar-refractivity contribution in [3.63, 3.8) is 0 Å². The number of methoxy groups -OCH3 is 2. The van der Waals surface area contributed by atoms with Crippen molar-refractivity contribution in [2.45, 2.75) is 297 Å². The van der Waals surface area contributed by atoms with E-state index >= 15 is 4.79 Å². The second-order valence-corrected chi connectivity index (χ2v) is 34.1. The minimum absolute atomic E-state index is 0.0329. The smallest absolute Gasteiger partial charge is 0.331 e. The van der Waals surface area contributed by atoms with Crippen LogP contribution < -0.4 is 9.47 Å². The molecular formula is C76H114O37. The largest absolute Gasteiger partial charge is 0.493 e. The van der Waals surface area contributed by atoms with Gasteiger partial charge in [-0.25, -0.2) is 4.79 Å². The Morgan fingerprint density at radius 1 is 0.522 bits per heavy atom. The van der Waals surface area contributed by atoms with E-state index in [1.165, 1.54) is 41.1 Å². The Morgan fingerprint density at radius 2 is 1.05 bits per heavy atom. The van der Waals surface area contributed by atoms with Crippen LogP contribution in [0.2, 0.25) is 0 Å². The number of carboxylic acid groups (broad SMARTS) is 1. The zero-order chi connectivity index (χ0) is 82.4. The highest BCUT2D eigenvalue weighted by molar-refractivity contribution is 5.87. The quantitative estimate of drug-likeness (QED) is 0.0226. The molecule has 6 heterocycles. The molecule has 6 aliphatic heterocycles. The predicted molar refractivity (Wildman–Crippen MR) is 376 cm³/mol. The van der Waals surface area contributed by atoms with E-state index in [0.29, 0.717) is 36.3 Å². The number of ether oxygens (including phenoxy) is 15. The summed E-state index contributed by atoms with van der Waals surface area (Å²) in [6.45, 7) is 8.61. The van der Waals surface area contributed by atoms with Gasteiger partial charge in [-0.1, -0.05) is 45.4 Å². The molecule has 0 bridgehead atoms. The molecule has 1 aromatic rings. The molecule has 12 rings (SSSR count). The molecule has 640 valence electrons. The SMILES string of the molecule is COc1ccc(/C=C/C(=O)O[C@@H]2[C@@H](O)[C@@H](O)[C@H](O[C@H]3[C@H](OC(=O)[C@]45CCC(C)(C)CC4C4=CC[C@@H]6[C@@]7(C)C[C@H](O)[C@H](O[C@@H]8O[C@H](CO)[C@@H](O)[C@H](O)[C@H]8O)[C@@](C)(C(=O)O)C7CC[C@@]6(C)[C@]4(CO)CC5)O[C@H](C)[C@H](O[C@@H]4OC[C@@H](O[C@@H]5O[C@H](CO)[C@H](O)[C@H](O)[C@H]5O)[C@H](O[C@@H]5O[C@H](CO)[C@@H](O)[C@H](O)[C@H]5O)[C@H]4O)[C@@H]3O)O[C@H]2C)cc1OC. The molecule has 5 aliphatic carbocycles. The third kappa shape index (κ3) is 15.6. The molecule has 0 amide bonds. The second-order valence-electron chi connectivity index (χ2n) is 34.1. The van der Waals surface area contributed by atoms with Crippen molar-refractivity contribution in [2.24, 2.45) is 50.2 Å². The van der Waals surface area contributed by atoms with Crippen LogP contribution in [0.15, 0.2) is 35.9 Å². The second kappa shape index (κ2) is 34.0. The van der Waals surface area contributed by atoms with Crippen LogP contribution in [0, 0.1) is 50.2 Å². The molecule has 113 heavy (non-hydrogen) atoms. The summed E-state index contributed by atoms with van der Waals surface area (Å²) in [5, 5.41) is 213. The van der Waals surface area contributed by atoms with Gasteiger partial charge in [0.15, 0.2) is 55.2 Å². The first-order valence-electron chi connectivity index (χ1n) is 38.7. The third-order valence-electron chi connectivity index (χ3n) is 27.3. The number of rotatable bonds is 22. The highest BCUT2D eigenvalue weighted by atomic mass is 16.8. The van der Waals surface area contributed by atoms with Crippen molar-refractivity contribution in [1.29, 1.82) is 0 Å². The number of benzene rings is 1. The summed E-state index contributed by atoms with van der Waals surface area (Å²) in [6, 6.07) is 4.83. The maximum atomic E-state index is 16.2. The van der Waals surface area contributed by atoms with Gasteiger partial charge in [0.1, 0.15) is 122 Å². The van der Waals surface area contributed by atoms with Gasteiger partial charge in [-0.15, -0.1) is 0 Å². The molecule has 4 saturated carbocycles. The highest BCUT2D eigenvalue weighted by Crippen LogP contribution is 2.76. The van der Waals surface area contributed by atoms with E-state index in [-0.39, 0.29) is 38.5 Å². The average molecular weight is 1620 g/mol. The molecule has 0 aromatic heterocycles. The Hall–Kier alpha value is -4.45. The zero-order valence-electron chi connectivity index (χ0n) is 64.3. The number of hydrogen-bond donors (Lipinski definition) is 19. The van der Waals surface area contributed by atoms with Crippen LogP contribution in [0.3, 0.4) is 0 Å². The normalized spacial score (nSPS) is 49.2. The Labute approximate surface area is 651 Å². The van der Waals surface area contributed by atoms with Gasteiger partial charge in [0.25, 0.3) is 0 Å². The van der Waals surface area contributed by atoms with Gasteiger partial charge in [-0.05, 0) is 136 Å². The van der Waals surface area contributed by atoms with E-state index in [1.807, 2.05) is 13.0 Å². The molecule has 37 heteroatoms. The standard InChI is InChI=1S/C76H114O37/c1-30-58(108-44(82)15-11-32-10-13-36(99-8)37(22-32)100-9)51(89)55(93)64(102-30)111-61-56(94)59(109-63-57(95)60(110-66-53(91)49(87)46(84)39(26-78)105-66)41(28-101-63)107-65-52(90)48(86)45(83)38(25-77)104-65)31(2)103-68(61)113-70(98)75-19-18-71(3,4)23-34(75)33-12-14-42-72(5)24-35(81)62(112-67-54(92)50(88)47(85)40(27-79)106-67)74(7,69(96)97)43(72)16-17-73(42,6)76(33,29-80)21-20-75/h10-13,15,22,30-31,34-35,38-43,45-68,77-81,83-95H,14,16-21,23-29H2,1-9H3,(H,96,97)/b15-11+/t30-,31+,34?,35-,38+,39+,40+,41+,42+,43?,45-,46+,47+,48-,49-,50-,51-,52+,53+,54+,55+,56-,57+,58-,59-,60-,61+,62-,63-,64-,65-,66-,67-,68-,72+,73+,74-,75-,76-/m0/s1. The molecule has 1 aromatic carbocycles. The summed E-state index contributed by atoms with van der Waals surface area (Å²) in [4.78, 5) is 43.6. The maximum Gasteiger partial charge on any atom is 0.331 e. The average Bonchev–Trinajstić information content (AvgIpc) is 0.668. The topological polar surface area (TPSA) is 574 Å². The Kier molecular flexibility index (Phi) is 26.4. The van der Waals surface area contributed by atoms with E-state index in [4.69, 9.17) is 71.1 Å². The lowest BCUT2D eigenvalue weighted by molar-refractivity contribution is -0.392. The zero-order valence-corrected chi connectivity index (χ0v) is 64.3. The summed E-state index contributed by atoms with van der Waals surface area (Å²) in [7, 11) is 2.88. The Bertz CT molecular complexity index is 3530. The molecule has 39 atom stereocenters. The van der Waals surface area contributed by atoms with Crippen molar-refractivity contribution in [3.05, 3.63) is 41.5 Å². The van der Waals surface area contributed by atoms with Gasteiger partial charge in [-0.2, -0.15) is 0 Å². The lowest BCUT2D eigenvalue weighted by Crippen LogP contribution is -2.71. The first-order valence-corrected chi connectivity index (χ1v) is 38.7. The number of allylic oxidation sites excluding steroid dienone is 1. The number of carboxylic acids is 1. The lowest BCUT2D eigenvalue weighted by atomic mass is 9.33. The van der Waals surface area contributed by atoms with E-state index in [9.17, 15) is 107 Å². The maximum absolute atomic E-state index is 16.2. The number of hydrogen-bond acceptors (Lipinski definition) is 36. The predicted octanol–water partition coefficient (Wildman–Crippen LogP) is -4.40. The lowest BCUT2D eigenvalue weighted by Gasteiger charge is -2.71. The molecule has 37 nitrogen and oxygen atoms in total. The first kappa shape index (κ1) is 87.9. The minimum Gasteiger partial charge on any atom is -0.493 e. The number of aliphatic carboxylic acids is 1. The molecule has 6 saturated heterocycles. The van der Waals surface area contributed by atoms with Crippen LogP contribution in [-0.4, -0.2) is 353 Å². The van der Waals surface area contributed by atoms with Gasteiger partial charge in [-0.3, -0.25) is 9.59 Å². The van der Waals surface area contributed by atoms with Crippen LogP contribution in [0.25, 0.3) is 6.08 Å². The Morgan fingerprint density at radius 3 is 1.63 bits per heavy atom. The fourth-order valence-electron chi connectivity index (χ4n) is 20.8. The molecule has 10 fully saturated rings. The van der Waals surface area contributed by atoms with E-state index < -0.39 is 292 Å². The third-order valence-corrected chi connectivity index (χ3v) is 27.3. The minimum atomic E-state index is -2.18. The number of fused-ring (bicyclic) bond motifs is 7. The number of carbonyl (C=O) groups excluding carboxylic acids is 2. The number of esters is 2. The van der Waals surface area contributed by atoms with Gasteiger partial charge in [0, 0.05) is 11.5 Å². The van der Waals surface area contributed by atoms with Gasteiger partial charge in [0.2, 0.25) is 6.29 Å². The van der Waals surface area contributed by atoms with Crippen molar-refractivity contribution in [1.82, 2.24) is 0 Å². The van der Waals surface area contributed by atoms with Gasteiger partial charge in [0.05, 0.1) is 76.4 Å². The van der Waals surface area contributed by atoms with Crippen molar-refractivity contribution in [2.75, 3.05) is 47.3 Å². The molecule has 19 N–H and O–H groups in total. The van der Waals surface area contributed by atoms with E-state index in [1.54, 1.807) is 18.2 Å². The summed E-state index contributed by atoms with van der Waals surface area (Å²) < 4.78 is 89.8. The van der Waals surface area contributed by atoms with Crippen LogP contribution in [0.5, 0.6) is 11.5 Å². The summed E-state index contributed by atoms with van der Waals surface area (Å²) >= 11 is 0. The first-order chi connectivity index (χ1) is 53.3. The Balaban J connectivity index is 0.841. The number of carbonyl (C=O) groups is 3. The summed E-state index contributed by atoms with van der Waals surface area (Å²) in [5.41, 5.74) is -5.45. The molecule has 11 aliphatic rings. The molecule has 2 unspecified atom stereocenters. The van der Waals surface area contributed by atoms with Crippen LogP contribution in [0.4, 0.5) is 0 Å². The van der Waals surface area contributed by atoms with Gasteiger partial charge >= 0.3 is 17.9 Å². The van der Waals surface area contributed by atoms with Gasteiger partial charge < -0.3 is 168 Å². The molecule has 0 radical (unpaired) electrons. The number of aliphatic hydroxyl groups is 18. The highest BCUT2D eigenvalue weighted by Gasteiger charge is 2.74. The van der Waals surface area contributed by atoms with E-state index in [0.717, 1.165) is 11.6 Å². The van der Waals surface area contributed by atoms with E-state index in [2.05, 4.69) is 20.8 Å². The van der Waals surface area contributed by atoms with Crippen molar-refractivity contribution < 1.29 is 182 Å². The summed E-state index contributed by atoms with van der Waals surface area (Å²) in [5.74, 6) is -4.21. The van der Waals surface area contributed by atoms with Crippen molar-refractivity contribution >= 4 is 24.0 Å². The van der Waals surface area contributed by atoms with Crippen LogP contribution in [0.1, 0.15) is 112 Å².